The van der Waals surface area contributed by atoms with E-state index in [0.717, 1.165) is 30.0 Å². The van der Waals surface area contributed by atoms with E-state index < -0.39 is 0 Å². The number of rotatable bonds is 11. The highest BCUT2D eigenvalue weighted by molar-refractivity contribution is 6.30. The van der Waals surface area contributed by atoms with Gasteiger partial charge in [-0.05, 0) is 48.9 Å². The van der Waals surface area contributed by atoms with Crippen LogP contribution in [0.25, 0.3) is 0 Å². The van der Waals surface area contributed by atoms with Crippen molar-refractivity contribution in [2.24, 2.45) is 0 Å². The molecule has 0 aromatic heterocycles. The summed E-state index contributed by atoms with van der Waals surface area (Å²) < 4.78 is 18.9. The van der Waals surface area contributed by atoms with Gasteiger partial charge in [0.15, 0.2) is 0 Å². The van der Waals surface area contributed by atoms with Crippen LogP contribution < -0.4 is 10.1 Å². The first-order chi connectivity index (χ1) is 12.2. The van der Waals surface area contributed by atoms with Crippen molar-refractivity contribution in [2.45, 2.75) is 52.2 Å². The van der Waals surface area contributed by atoms with E-state index in [1.807, 2.05) is 18.2 Å². The molecular formula is C21H28Cl2FNO. The number of benzene rings is 2. The van der Waals surface area contributed by atoms with Gasteiger partial charge >= 0.3 is 0 Å². The number of unbranched alkanes of at least 4 members (excludes halogenated alkanes) is 4. The van der Waals surface area contributed by atoms with Gasteiger partial charge in [-0.25, -0.2) is 4.39 Å². The lowest BCUT2D eigenvalue weighted by atomic mass is 10.1. The summed E-state index contributed by atoms with van der Waals surface area (Å²) in [6.07, 6.45) is 6.35. The summed E-state index contributed by atoms with van der Waals surface area (Å²) in [5.74, 6) is 0.575. The van der Waals surface area contributed by atoms with Gasteiger partial charge in [0.25, 0.3) is 0 Å². The summed E-state index contributed by atoms with van der Waals surface area (Å²) in [5.41, 5.74) is 1.98. The highest BCUT2D eigenvalue weighted by atomic mass is 35.5. The lowest BCUT2D eigenvalue weighted by molar-refractivity contribution is 0.302. The van der Waals surface area contributed by atoms with Crippen molar-refractivity contribution in [3.05, 3.63) is 64.4 Å². The lowest BCUT2D eigenvalue weighted by Gasteiger charge is -2.13. The molecule has 26 heavy (non-hydrogen) atoms. The van der Waals surface area contributed by atoms with Crippen molar-refractivity contribution >= 4 is 24.0 Å². The van der Waals surface area contributed by atoms with Gasteiger partial charge in [-0.15, -0.1) is 12.4 Å². The van der Waals surface area contributed by atoms with Crippen molar-refractivity contribution in [1.29, 1.82) is 0 Å². The first kappa shape index (κ1) is 22.8. The fourth-order valence-corrected chi connectivity index (χ4v) is 2.84. The Hall–Kier alpha value is -1.29. The van der Waals surface area contributed by atoms with Crippen LogP contribution in [0.5, 0.6) is 5.75 Å². The summed E-state index contributed by atoms with van der Waals surface area (Å²) in [5, 5.41) is 4.17. The minimum Gasteiger partial charge on any atom is -0.489 e. The maximum atomic E-state index is 13.0. The Bertz CT molecular complexity index is 634. The molecular weight excluding hydrogens is 372 g/mol. The van der Waals surface area contributed by atoms with Crippen molar-refractivity contribution < 1.29 is 9.13 Å². The summed E-state index contributed by atoms with van der Waals surface area (Å²) in [4.78, 5) is 0. The smallest absolute Gasteiger partial charge is 0.124 e. The minimum absolute atomic E-state index is 0. The minimum atomic E-state index is -0.237. The van der Waals surface area contributed by atoms with Gasteiger partial charge < -0.3 is 10.1 Å². The second-order valence-corrected chi connectivity index (χ2v) is 6.69. The predicted octanol–water partition coefficient (Wildman–Crippen LogP) is 6.54. The van der Waals surface area contributed by atoms with Crippen molar-refractivity contribution in [3.8, 4) is 5.75 Å². The van der Waals surface area contributed by atoms with Crippen LogP contribution >= 0.6 is 24.0 Å². The molecule has 0 aliphatic rings. The Balaban J connectivity index is 0.00000338. The third kappa shape index (κ3) is 8.39. The first-order valence-corrected chi connectivity index (χ1v) is 9.43. The van der Waals surface area contributed by atoms with Crippen molar-refractivity contribution in [1.82, 2.24) is 5.32 Å². The second kappa shape index (κ2) is 13.0. The van der Waals surface area contributed by atoms with E-state index in [9.17, 15) is 4.39 Å². The molecule has 2 nitrogen and oxygen atoms in total. The Kier molecular flexibility index (Phi) is 11.3. The van der Waals surface area contributed by atoms with Crippen LogP contribution in [-0.2, 0) is 13.2 Å². The molecule has 0 saturated heterocycles. The summed E-state index contributed by atoms with van der Waals surface area (Å²) in [7, 11) is 0. The van der Waals surface area contributed by atoms with Crippen LogP contribution in [0.2, 0.25) is 5.02 Å². The van der Waals surface area contributed by atoms with E-state index >= 15 is 0 Å². The van der Waals surface area contributed by atoms with E-state index in [1.54, 1.807) is 12.1 Å². The topological polar surface area (TPSA) is 21.3 Å². The zero-order valence-corrected chi connectivity index (χ0v) is 16.8. The molecule has 0 bridgehead atoms. The molecule has 0 unspecified atom stereocenters. The van der Waals surface area contributed by atoms with Crippen LogP contribution in [0, 0.1) is 5.82 Å². The van der Waals surface area contributed by atoms with Gasteiger partial charge in [0.05, 0.1) is 0 Å². The van der Waals surface area contributed by atoms with Gasteiger partial charge in [0, 0.05) is 17.1 Å². The highest BCUT2D eigenvalue weighted by Crippen LogP contribution is 2.24. The Morgan fingerprint density at radius 3 is 2.46 bits per heavy atom. The summed E-state index contributed by atoms with van der Waals surface area (Å²) >= 11 is 6.12. The van der Waals surface area contributed by atoms with E-state index in [0.29, 0.717) is 11.6 Å². The fraction of sp³-hybridized carbons (Fsp3) is 0.429. The normalized spacial score (nSPS) is 10.4. The molecule has 0 saturated carbocycles. The number of hydrogen-bond acceptors (Lipinski definition) is 2. The zero-order chi connectivity index (χ0) is 17.9. The Labute approximate surface area is 167 Å². The van der Waals surface area contributed by atoms with Gasteiger partial charge in [0.2, 0.25) is 0 Å². The van der Waals surface area contributed by atoms with E-state index in [4.69, 9.17) is 16.3 Å². The molecule has 144 valence electrons. The number of nitrogens with one attached hydrogen (secondary N) is 1. The summed E-state index contributed by atoms with van der Waals surface area (Å²) in [6.45, 7) is 4.36. The monoisotopic (exact) mass is 399 g/mol. The average Bonchev–Trinajstić information content (AvgIpc) is 2.61. The van der Waals surface area contributed by atoms with Crippen molar-refractivity contribution in [3.63, 3.8) is 0 Å². The molecule has 0 fully saturated rings. The van der Waals surface area contributed by atoms with E-state index in [1.165, 1.54) is 44.2 Å². The lowest BCUT2D eigenvalue weighted by Crippen LogP contribution is -2.15. The predicted molar refractivity (Wildman–Crippen MR) is 110 cm³/mol. The van der Waals surface area contributed by atoms with Crippen LogP contribution in [0.15, 0.2) is 42.5 Å². The standard InChI is InChI=1S/C21H27ClFNO.ClH/c1-2-3-4-5-6-13-24-15-18-14-19(22)9-12-21(18)25-16-17-7-10-20(23)11-8-17;/h7-12,14,24H,2-6,13,15-16H2,1H3;1H. The molecule has 0 spiro atoms. The fourth-order valence-electron chi connectivity index (χ4n) is 2.65. The molecule has 2 rings (SSSR count). The Morgan fingerprint density at radius 2 is 1.73 bits per heavy atom. The number of ether oxygens (including phenoxy) is 1. The quantitative estimate of drug-likeness (QED) is 0.433. The average molecular weight is 400 g/mol. The molecule has 0 aliphatic heterocycles. The first-order valence-electron chi connectivity index (χ1n) is 9.05. The van der Waals surface area contributed by atoms with Crippen LogP contribution in [-0.4, -0.2) is 6.54 Å². The van der Waals surface area contributed by atoms with E-state index in [2.05, 4.69) is 12.2 Å². The van der Waals surface area contributed by atoms with Crippen LogP contribution in [0.4, 0.5) is 4.39 Å². The molecule has 2 aromatic carbocycles. The molecule has 1 N–H and O–H groups in total. The molecule has 0 radical (unpaired) electrons. The zero-order valence-electron chi connectivity index (χ0n) is 15.3. The third-order valence-electron chi connectivity index (χ3n) is 4.10. The largest absolute Gasteiger partial charge is 0.489 e. The van der Waals surface area contributed by atoms with Gasteiger partial charge in [-0.2, -0.15) is 0 Å². The van der Waals surface area contributed by atoms with Crippen molar-refractivity contribution in [2.75, 3.05) is 6.54 Å². The number of halogens is 3. The third-order valence-corrected chi connectivity index (χ3v) is 4.34. The number of hydrogen-bond donors (Lipinski definition) is 1. The molecule has 5 heteroatoms. The van der Waals surface area contributed by atoms with E-state index in [-0.39, 0.29) is 18.2 Å². The molecule has 2 aromatic rings. The maximum absolute atomic E-state index is 13.0. The van der Waals surface area contributed by atoms with Crippen LogP contribution in [0.1, 0.15) is 50.2 Å². The van der Waals surface area contributed by atoms with Gasteiger partial charge in [-0.1, -0.05) is 56.3 Å². The molecule has 0 heterocycles. The second-order valence-electron chi connectivity index (χ2n) is 6.26. The van der Waals surface area contributed by atoms with Gasteiger partial charge in [0.1, 0.15) is 18.2 Å². The Morgan fingerprint density at radius 1 is 1.00 bits per heavy atom. The molecule has 0 amide bonds. The SMILES string of the molecule is CCCCCCCNCc1cc(Cl)ccc1OCc1ccc(F)cc1.Cl. The van der Waals surface area contributed by atoms with Crippen LogP contribution in [0.3, 0.4) is 0 Å². The molecule has 0 atom stereocenters. The maximum Gasteiger partial charge on any atom is 0.124 e. The molecule has 0 aliphatic carbocycles. The summed E-state index contributed by atoms with van der Waals surface area (Å²) in [6, 6.07) is 12.0. The van der Waals surface area contributed by atoms with Gasteiger partial charge in [-0.3, -0.25) is 0 Å². The highest BCUT2D eigenvalue weighted by Gasteiger charge is 2.06.